The maximum atomic E-state index is 4.51. The molecule has 0 spiro atoms. The van der Waals surface area contributed by atoms with Crippen LogP contribution in [-0.4, -0.2) is 54.0 Å². The Morgan fingerprint density at radius 1 is 1.04 bits per heavy atom. The molecule has 0 unspecified atom stereocenters. The summed E-state index contributed by atoms with van der Waals surface area (Å²) in [6, 6.07) is 9.79. The van der Waals surface area contributed by atoms with Crippen molar-refractivity contribution in [3.05, 3.63) is 42.9 Å². The topological polar surface area (TPSA) is 88.5 Å². The molecule has 0 radical (unpaired) electrons. The van der Waals surface area contributed by atoms with Gasteiger partial charge in [-0.05, 0) is 24.3 Å². The third-order valence-corrected chi connectivity index (χ3v) is 4.29. The van der Waals surface area contributed by atoms with E-state index in [0.29, 0.717) is 5.92 Å². The van der Waals surface area contributed by atoms with Crippen LogP contribution in [0.4, 0.5) is 11.8 Å². The first-order valence-corrected chi connectivity index (χ1v) is 7.82. The van der Waals surface area contributed by atoms with E-state index in [1.807, 2.05) is 40.9 Å². The summed E-state index contributed by atoms with van der Waals surface area (Å²) >= 11 is 0. The predicted molar refractivity (Wildman–Crippen MR) is 88.0 cm³/mol. The van der Waals surface area contributed by atoms with E-state index < -0.39 is 0 Å². The van der Waals surface area contributed by atoms with Gasteiger partial charge in [0.05, 0.1) is 0 Å². The monoisotopic (exact) mass is 321 g/mol. The Morgan fingerprint density at radius 3 is 2.96 bits per heavy atom. The Hall–Kier alpha value is -3.23. The van der Waals surface area contributed by atoms with E-state index in [2.05, 4.69) is 35.7 Å². The lowest BCUT2D eigenvalue weighted by Gasteiger charge is -2.40. The van der Waals surface area contributed by atoms with E-state index in [9.17, 15) is 0 Å². The van der Waals surface area contributed by atoms with Gasteiger partial charge in [-0.2, -0.15) is 4.52 Å². The standard InChI is InChI=1S/C15H15N9/c1-2-6-23-12(3-1)19-20-15(23)16-7-11-8-22(9-11)14-5-4-13-18-17-10-24(13)21-14/h1-6,10-11H,7-9H2,(H,16,20). The minimum absolute atomic E-state index is 0.555. The van der Waals surface area contributed by atoms with Gasteiger partial charge in [0.15, 0.2) is 11.3 Å². The number of fused-ring (bicyclic) bond motifs is 2. The van der Waals surface area contributed by atoms with Gasteiger partial charge in [0.2, 0.25) is 5.95 Å². The van der Waals surface area contributed by atoms with E-state index >= 15 is 0 Å². The smallest absolute Gasteiger partial charge is 0.229 e. The highest BCUT2D eigenvalue weighted by Gasteiger charge is 2.28. The third kappa shape index (κ3) is 2.13. The zero-order chi connectivity index (χ0) is 15.9. The Morgan fingerprint density at radius 2 is 2.00 bits per heavy atom. The lowest BCUT2D eigenvalue weighted by molar-refractivity contribution is 0.424. The second-order valence-electron chi connectivity index (χ2n) is 5.93. The molecule has 1 aliphatic heterocycles. The third-order valence-electron chi connectivity index (χ3n) is 4.29. The molecule has 0 aromatic carbocycles. The Balaban J connectivity index is 1.22. The molecule has 1 aliphatic rings. The van der Waals surface area contributed by atoms with Crippen LogP contribution in [0.2, 0.25) is 0 Å². The zero-order valence-corrected chi connectivity index (χ0v) is 12.8. The molecule has 1 N–H and O–H groups in total. The van der Waals surface area contributed by atoms with Crippen molar-refractivity contribution in [3.8, 4) is 0 Å². The Kier molecular flexibility index (Phi) is 2.84. The molecule has 0 bridgehead atoms. The first kappa shape index (κ1) is 13.2. The summed E-state index contributed by atoms with van der Waals surface area (Å²) in [4.78, 5) is 2.24. The number of nitrogens with one attached hydrogen (secondary N) is 1. The quantitative estimate of drug-likeness (QED) is 0.592. The van der Waals surface area contributed by atoms with E-state index in [0.717, 1.165) is 42.7 Å². The van der Waals surface area contributed by atoms with Crippen LogP contribution in [0.3, 0.4) is 0 Å². The van der Waals surface area contributed by atoms with Crippen molar-refractivity contribution in [2.75, 3.05) is 29.9 Å². The summed E-state index contributed by atoms with van der Waals surface area (Å²) in [5, 5.41) is 24.0. The Bertz CT molecular complexity index is 998. The van der Waals surface area contributed by atoms with Crippen molar-refractivity contribution in [3.63, 3.8) is 0 Å². The van der Waals surface area contributed by atoms with E-state index in [-0.39, 0.29) is 0 Å². The number of nitrogens with zero attached hydrogens (tertiary/aromatic N) is 8. The highest BCUT2D eigenvalue weighted by atomic mass is 15.4. The normalized spacial score (nSPS) is 15.1. The van der Waals surface area contributed by atoms with Crippen molar-refractivity contribution >= 4 is 23.1 Å². The van der Waals surface area contributed by atoms with Crippen molar-refractivity contribution in [2.45, 2.75) is 0 Å². The molecule has 0 amide bonds. The number of anilines is 2. The van der Waals surface area contributed by atoms with E-state index in [1.165, 1.54) is 0 Å². The van der Waals surface area contributed by atoms with Gasteiger partial charge in [-0.1, -0.05) is 6.07 Å². The Labute approximate surface area is 136 Å². The lowest BCUT2D eigenvalue weighted by Crippen LogP contribution is -2.50. The maximum Gasteiger partial charge on any atom is 0.229 e. The second-order valence-corrected chi connectivity index (χ2v) is 5.93. The molecule has 24 heavy (non-hydrogen) atoms. The van der Waals surface area contributed by atoms with Gasteiger partial charge in [0, 0.05) is 31.7 Å². The number of pyridine rings is 1. The van der Waals surface area contributed by atoms with Crippen molar-refractivity contribution in [1.82, 2.24) is 34.4 Å². The second kappa shape index (κ2) is 5.15. The van der Waals surface area contributed by atoms with Gasteiger partial charge in [0.1, 0.15) is 12.1 Å². The first-order valence-electron chi connectivity index (χ1n) is 7.82. The molecule has 9 heteroatoms. The van der Waals surface area contributed by atoms with Gasteiger partial charge < -0.3 is 10.2 Å². The van der Waals surface area contributed by atoms with E-state index in [4.69, 9.17) is 0 Å². The fraction of sp³-hybridized carbons (Fsp3) is 0.267. The highest BCUT2D eigenvalue weighted by Crippen LogP contribution is 2.23. The fourth-order valence-electron chi connectivity index (χ4n) is 2.97. The lowest BCUT2D eigenvalue weighted by atomic mass is 10.0. The average molecular weight is 321 g/mol. The number of rotatable bonds is 4. The first-order chi connectivity index (χ1) is 11.9. The van der Waals surface area contributed by atoms with Gasteiger partial charge in [-0.25, -0.2) is 0 Å². The average Bonchev–Trinajstić information content (AvgIpc) is 3.19. The summed E-state index contributed by atoms with van der Waals surface area (Å²) < 4.78 is 3.65. The van der Waals surface area contributed by atoms with Crippen LogP contribution >= 0.6 is 0 Å². The summed E-state index contributed by atoms with van der Waals surface area (Å²) in [6.07, 6.45) is 3.58. The molecule has 0 atom stereocenters. The molecule has 1 fully saturated rings. The van der Waals surface area contributed by atoms with Crippen LogP contribution < -0.4 is 10.2 Å². The van der Waals surface area contributed by atoms with Gasteiger partial charge in [-0.15, -0.1) is 25.5 Å². The van der Waals surface area contributed by atoms with Gasteiger partial charge in [0.25, 0.3) is 0 Å². The molecular formula is C15H15N9. The summed E-state index contributed by atoms with van der Waals surface area (Å²) in [7, 11) is 0. The zero-order valence-electron chi connectivity index (χ0n) is 12.8. The summed E-state index contributed by atoms with van der Waals surface area (Å²) in [5.41, 5.74) is 1.61. The highest BCUT2D eigenvalue weighted by molar-refractivity contribution is 5.48. The van der Waals surface area contributed by atoms with E-state index in [1.54, 1.807) is 10.8 Å². The molecule has 9 nitrogen and oxygen atoms in total. The number of hydrogen-bond donors (Lipinski definition) is 1. The van der Waals surface area contributed by atoms with Crippen LogP contribution in [0.15, 0.2) is 42.9 Å². The molecule has 0 aliphatic carbocycles. The minimum atomic E-state index is 0.555. The van der Waals surface area contributed by atoms with Crippen LogP contribution in [0.25, 0.3) is 11.3 Å². The van der Waals surface area contributed by atoms with Crippen molar-refractivity contribution < 1.29 is 0 Å². The molecular weight excluding hydrogens is 306 g/mol. The number of aromatic nitrogens is 7. The summed E-state index contributed by atoms with van der Waals surface area (Å²) in [6.45, 7) is 2.79. The molecule has 0 saturated carbocycles. The van der Waals surface area contributed by atoms with Crippen molar-refractivity contribution in [1.29, 1.82) is 0 Å². The number of hydrogen-bond acceptors (Lipinski definition) is 7. The van der Waals surface area contributed by atoms with Crippen LogP contribution in [0.5, 0.6) is 0 Å². The molecule has 1 saturated heterocycles. The minimum Gasteiger partial charge on any atom is -0.354 e. The van der Waals surface area contributed by atoms with Crippen LogP contribution in [0.1, 0.15) is 0 Å². The van der Waals surface area contributed by atoms with Gasteiger partial charge >= 0.3 is 0 Å². The molecule has 120 valence electrons. The van der Waals surface area contributed by atoms with Crippen LogP contribution in [0, 0.1) is 5.92 Å². The van der Waals surface area contributed by atoms with Crippen LogP contribution in [-0.2, 0) is 0 Å². The van der Waals surface area contributed by atoms with Gasteiger partial charge in [-0.3, -0.25) is 4.40 Å². The molecule has 4 aromatic heterocycles. The molecule has 5 rings (SSSR count). The largest absolute Gasteiger partial charge is 0.354 e. The summed E-state index contributed by atoms with van der Waals surface area (Å²) in [5.74, 6) is 2.29. The van der Waals surface area contributed by atoms with Crippen molar-refractivity contribution in [2.24, 2.45) is 5.92 Å². The fourth-order valence-corrected chi connectivity index (χ4v) is 2.97. The molecule has 4 aromatic rings. The maximum absolute atomic E-state index is 4.51. The molecule has 5 heterocycles. The SMILES string of the molecule is c1ccn2c(NCC3CN(c4ccc5nncn5n4)C3)nnc2c1. The predicted octanol–water partition coefficient (Wildman–Crippen LogP) is 0.715.